The molecule has 244 valence electrons. The number of amides is 1. The molecule has 4 aliphatic carbocycles. The Kier molecular flexibility index (Phi) is 8.20. The third-order valence-electron chi connectivity index (χ3n) is 10.4. The molecule has 1 amide bonds. The van der Waals surface area contributed by atoms with Gasteiger partial charge in [-0.05, 0) is 80.6 Å². The Hall–Kier alpha value is -4.19. The lowest BCUT2D eigenvalue weighted by Crippen LogP contribution is -2.65. The first kappa shape index (κ1) is 31.8. The van der Waals surface area contributed by atoms with E-state index >= 15 is 0 Å². The topological polar surface area (TPSA) is 183 Å². The van der Waals surface area contributed by atoms with E-state index in [-0.39, 0.29) is 29.7 Å². The fourth-order valence-electron chi connectivity index (χ4n) is 8.14. The summed E-state index contributed by atoms with van der Waals surface area (Å²) in [4.78, 5) is 41.3. The summed E-state index contributed by atoms with van der Waals surface area (Å²) in [5, 5.41) is 49.3. The number of phenolic OH excluding ortho intramolecular Hbond substituents is 1. The van der Waals surface area contributed by atoms with Crippen molar-refractivity contribution in [2.45, 2.75) is 69.2 Å². The minimum absolute atomic E-state index is 0.0172. The van der Waals surface area contributed by atoms with Crippen molar-refractivity contribution in [3.63, 3.8) is 0 Å². The van der Waals surface area contributed by atoms with Gasteiger partial charge in [-0.2, -0.15) is 0 Å². The van der Waals surface area contributed by atoms with Crippen LogP contribution in [0.2, 0.25) is 0 Å². The predicted octanol–water partition coefficient (Wildman–Crippen LogP) is 3.06. The van der Waals surface area contributed by atoms with Crippen LogP contribution < -0.4 is 15.8 Å². The number of ether oxygens (including phenoxy) is 1. The quantitative estimate of drug-likeness (QED) is 0.249. The molecule has 7 N–H and O–H groups in total. The van der Waals surface area contributed by atoms with Gasteiger partial charge in [0.05, 0.1) is 18.7 Å². The van der Waals surface area contributed by atoms with Crippen LogP contribution >= 0.6 is 0 Å². The number of aliphatic hydroxyl groups is 3. The Morgan fingerprint density at radius 3 is 2.43 bits per heavy atom. The van der Waals surface area contributed by atoms with Gasteiger partial charge < -0.3 is 36.2 Å². The number of hydrogen-bond acceptors (Lipinski definition) is 10. The first-order valence-electron chi connectivity index (χ1n) is 15.8. The number of Topliss-reactive ketones (excluding diaryl/α,β-unsaturated/α-hetero) is 2. The van der Waals surface area contributed by atoms with Crippen LogP contribution in [0.3, 0.4) is 0 Å². The first-order valence-corrected chi connectivity index (χ1v) is 15.8. The summed E-state index contributed by atoms with van der Waals surface area (Å²) in [6.07, 6.45) is 6.21. The zero-order chi connectivity index (χ0) is 33.1. The van der Waals surface area contributed by atoms with Gasteiger partial charge in [0.15, 0.2) is 11.4 Å². The second-order valence-corrected chi connectivity index (χ2v) is 13.2. The van der Waals surface area contributed by atoms with Gasteiger partial charge in [-0.3, -0.25) is 19.3 Å². The minimum Gasteiger partial charge on any atom is -0.508 e. The number of phenols is 1. The van der Waals surface area contributed by atoms with Crippen molar-refractivity contribution in [1.29, 1.82) is 0 Å². The van der Waals surface area contributed by atoms with E-state index in [9.17, 15) is 34.8 Å². The zero-order valence-electron chi connectivity index (χ0n) is 26.3. The molecule has 2 aromatic rings. The lowest BCUT2D eigenvalue weighted by atomic mass is 9.57. The summed E-state index contributed by atoms with van der Waals surface area (Å²) in [5.74, 6) is -6.21. The van der Waals surface area contributed by atoms with Gasteiger partial charge in [-0.25, -0.2) is 0 Å². The molecule has 0 heterocycles. The Bertz CT molecular complexity index is 1690. The van der Waals surface area contributed by atoms with E-state index in [1.807, 2.05) is 18.2 Å². The maximum absolute atomic E-state index is 14.2. The number of aromatic hydroxyl groups is 1. The van der Waals surface area contributed by atoms with Crippen LogP contribution in [0.4, 0.5) is 0 Å². The summed E-state index contributed by atoms with van der Waals surface area (Å²) in [6.45, 7) is 0.666. The Labute approximate surface area is 267 Å². The molecule has 11 nitrogen and oxygen atoms in total. The van der Waals surface area contributed by atoms with Crippen LogP contribution in [0.5, 0.6) is 11.5 Å². The molecule has 0 aromatic heterocycles. The van der Waals surface area contributed by atoms with E-state index in [2.05, 4.69) is 5.32 Å². The lowest BCUT2D eigenvalue weighted by Gasteiger charge is -2.50. The summed E-state index contributed by atoms with van der Waals surface area (Å²) in [5.41, 5.74) is 4.84. The van der Waals surface area contributed by atoms with E-state index in [4.69, 9.17) is 10.5 Å². The van der Waals surface area contributed by atoms with E-state index in [1.54, 1.807) is 27.3 Å². The van der Waals surface area contributed by atoms with Crippen LogP contribution in [-0.4, -0.2) is 81.7 Å². The maximum atomic E-state index is 14.2. The van der Waals surface area contributed by atoms with Crippen molar-refractivity contribution in [1.82, 2.24) is 10.2 Å². The van der Waals surface area contributed by atoms with Gasteiger partial charge in [0, 0.05) is 29.6 Å². The number of rotatable bonds is 7. The fraction of sp³-hybridized carbons (Fsp3) is 0.457. The number of nitrogens with zero attached hydrogens (tertiary/aromatic N) is 1. The van der Waals surface area contributed by atoms with E-state index in [0.717, 1.165) is 24.0 Å². The monoisotopic (exact) mass is 631 g/mol. The predicted molar refractivity (Wildman–Crippen MR) is 170 cm³/mol. The first-order chi connectivity index (χ1) is 21.9. The van der Waals surface area contributed by atoms with Gasteiger partial charge in [0.25, 0.3) is 5.91 Å². The van der Waals surface area contributed by atoms with Gasteiger partial charge >= 0.3 is 0 Å². The normalized spacial score (nSPS) is 26.6. The second-order valence-electron chi connectivity index (χ2n) is 13.2. The molecule has 0 spiro atoms. The summed E-state index contributed by atoms with van der Waals surface area (Å²) in [6, 6.07) is 8.43. The Morgan fingerprint density at radius 1 is 1.07 bits per heavy atom. The maximum Gasteiger partial charge on any atom is 0.255 e. The summed E-state index contributed by atoms with van der Waals surface area (Å²) >= 11 is 0. The molecule has 4 atom stereocenters. The van der Waals surface area contributed by atoms with E-state index in [1.165, 1.54) is 30.2 Å². The molecule has 2 saturated carbocycles. The van der Waals surface area contributed by atoms with Crippen molar-refractivity contribution in [2.75, 3.05) is 21.2 Å². The number of nitrogens with one attached hydrogen (secondary N) is 1. The highest BCUT2D eigenvalue weighted by molar-refractivity contribution is 6.24. The number of likely N-dealkylation sites (N-methyl/N-ethyl adjacent to an activating group) is 1. The number of benzene rings is 2. The zero-order valence-corrected chi connectivity index (χ0v) is 26.3. The fourth-order valence-corrected chi connectivity index (χ4v) is 8.14. The average Bonchev–Trinajstić information content (AvgIpc) is 3.02. The van der Waals surface area contributed by atoms with Crippen molar-refractivity contribution in [3.8, 4) is 22.6 Å². The standard InChI is InChI=1S/C35H41N3O8/c1-38(2)29-23-15-18-14-22-20(21-13-17(9-12-25(21)46-3)16-37-19-7-5-4-6-8-19)10-11-24(39)27(22)30(40)26(18)32(42)35(23,45)33(43)28(31(29)41)34(36)44/h9-13,18-19,23,29,37,39-40,43,45H,4-8,14-16H2,1-3H3,(H2,36,44)/t18-,23-,29?,35-/m1/s1. The van der Waals surface area contributed by atoms with Crippen molar-refractivity contribution in [3.05, 3.63) is 63.9 Å². The third kappa shape index (κ3) is 4.88. The van der Waals surface area contributed by atoms with E-state index < -0.39 is 58.0 Å². The van der Waals surface area contributed by atoms with Gasteiger partial charge in [-0.15, -0.1) is 0 Å². The Morgan fingerprint density at radius 2 is 1.78 bits per heavy atom. The second kappa shape index (κ2) is 11.9. The molecule has 11 heteroatoms. The average molecular weight is 632 g/mol. The summed E-state index contributed by atoms with van der Waals surface area (Å²) < 4.78 is 5.74. The number of ketones is 2. The highest BCUT2D eigenvalue weighted by Gasteiger charge is 2.64. The number of carbonyl (C=O) groups is 3. The van der Waals surface area contributed by atoms with Gasteiger partial charge in [0.1, 0.15) is 28.6 Å². The molecule has 0 saturated heterocycles. The summed E-state index contributed by atoms with van der Waals surface area (Å²) in [7, 11) is 4.72. The van der Waals surface area contributed by atoms with E-state index in [0.29, 0.717) is 29.5 Å². The smallest absolute Gasteiger partial charge is 0.255 e. The van der Waals surface area contributed by atoms with Crippen molar-refractivity contribution < 1.29 is 39.5 Å². The largest absolute Gasteiger partial charge is 0.508 e. The van der Waals surface area contributed by atoms with Gasteiger partial charge in [0.2, 0.25) is 5.78 Å². The molecular formula is C35H41N3O8. The number of hydrogen-bond donors (Lipinski definition) is 6. The molecule has 0 radical (unpaired) electrons. The number of aliphatic hydroxyl groups excluding tert-OH is 2. The number of nitrogens with two attached hydrogens (primary N) is 1. The van der Waals surface area contributed by atoms with Crippen LogP contribution in [0, 0.1) is 11.8 Å². The molecule has 2 aromatic carbocycles. The number of carbonyl (C=O) groups excluding carboxylic acids is 3. The molecule has 4 aliphatic rings. The van der Waals surface area contributed by atoms with Crippen LogP contribution in [-0.2, 0) is 27.3 Å². The number of primary amides is 1. The van der Waals surface area contributed by atoms with Crippen molar-refractivity contribution >= 4 is 23.2 Å². The van der Waals surface area contributed by atoms with Gasteiger partial charge in [-0.1, -0.05) is 31.4 Å². The molecule has 2 fully saturated rings. The molecule has 0 bridgehead atoms. The molecule has 1 unspecified atom stereocenters. The lowest BCUT2D eigenvalue weighted by molar-refractivity contribution is -0.153. The molecule has 0 aliphatic heterocycles. The minimum atomic E-state index is -2.68. The number of methoxy groups -OCH3 is 1. The highest BCUT2D eigenvalue weighted by atomic mass is 16.5. The molecule has 46 heavy (non-hydrogen) atoms. The molecular weight excluding hydrogens is 590 g/mol. The molecule has 6 rings (SSSR count). The van der Waals surface area contributed by atoms with Crippen LogP contribution in [0.15, 0.2) is 47.2 Å². The Balaban J connectivity index is 1.46. The third-order valence-corrected chi connectivity index (χ3v) is 10.4. The number of fused-ring (bicyclic) bond motifs is 3. The van der Waals surface area contributed by atoms with Crippen LogP contribution in [0.25, 0.3) is 16.9 Å². The van der Waals surface area contributed by atoms with Crippen LogP contribution in [0.1, 0.15) is 55.2 Å². The highest BCUT2D eigenvalue weighted by Crippen LogP contribution is 2.54. The van der Waals surface area contributed by atoms with Crippen molar-refractivity contribution in [2.24, 2.45) is 17.6 Å². The SMILES string of the molecule is COc1ccc(CNC2CCCCC2)cc1-c1ccc(O)c2c1C[C@@H]1C[C@@H]3C(N(C)C)C(=O)C(C(N)=O)=C(O)[C@]3(O)C(=O)C1=C2O.